The number of rotatable bonds is 5. The summed E-state index contributed by atoms with van der Waals surface area (Å²) in [6.07, 6.45) is 3.73. The molecule has 0 aliphatic heterocycles. The van der Waals surface area contributed by atoms with Crippen molar-refractivity contribution in [2.45, 2.75) is 40.2 Å². The van der Waals surface area contributed by atoms with Crippen molar-refractivity contribution in [3.8, 4) is 0 Å². The molecule has 6 heteroatoms. The SMILES string of the molecule is CCc1nc(N)c(C)c(NCc2ncc(CC)s2)n1. The quantitative estimate of drug-likeness (QED) is 0.878. The van der Waals surface area contributed by atoms with E-state index in [-0.39, 0.29) is 0 Å². The second kappa shape index (κ2) is 5.97. The van der Waals surface area contributed by atoms with Crippen molar-refractivity contribution in [2.24, 2.45) is 0 Å². The smallest absolute Gasteiger partial charge is 0.135 e. The third kappa shape index (κ3) is 3.20. The number of hydrogen-bond acceptors (Lipinski definition) is 6. The first-order chi connectivity index (χ1) is 9.13. The Kier molecular flexibility index (Phi) is 4.31. The van der Waals surface area contributed by atoms with Crippen LogP contribution in [0.5, 0.6) is 0 Å². The lowest BCUT2D eigenvalue weighted by Gasteiger charge is -2.10. The lowest BCUT2D eigenvalue weighted by Crippen LogP contribution is -2.09. The highest BCUT2D eigenvalue weighted by Crippen LogP contribution is 2.19. The van der Waals surface area contributed by atoms with Crippen LogP contribution in [-0.4, -0.2) is 15.0 Å². The molecule has 0 atom stereocenters. The molecule has 0 saturated heterocycles. The van der Waals surface area contributed by atoms with E-state index in [2.05, 4.69) is 27.2 Å². The van der Waals surface area contributed by atoms with Crippen molar-refractivity contribution in [3.05, 3.63) is 27.5 Å². The number of anilines is 2. The van der Waals surface area contributed by atoms with Crippen molar-refractivity contribution < 1.29 is 0 Å². The van der Waals surface area contributed by atoms with Gasteiger partial charge in [-0.1, -0.05) is 13.8 Å². The van der Waals surface area contributed by atoms with Crippen LogP contribution < -0.4 is 11.1 Å². The van der Waals surface area contributed by atoms with Gasteiger partial charge in [0, 0.05) is 23.1 Å². The second-order valence-corrected chi connectivity index (χ2v) is 5.48. The maximum Gasteiger partial charge on any atom is 0.135 e. The minimum absolute atomic E-state index is 0.544. The van der Waals surface area contributed by atoms with Crippen LogP contribution in [0.1, 0.15) is 35.1 Å². The van der Waals surface area contributed by atoms with Crippen LogP contribution in [0, 0.1) is 6.92 Å². The standard InChI is InChI=1S/C13H19N5S/c1-4-9-6-15-11(19-9)7-16-13-8(3)12(14)17-10(5-2)18-13/h6H,4-5,7H2,1-3H3,(H3,14,16,17,18). The fourth-order valence-electron chi connectivity index (χ4n) is 1.66. The number of nitrogens with zero attached hydrogens (tertiary/aromatic N) is 3. The van der Waals surface area contributed by atoms with E-state index < -0.39 is 0 Å². The molecule has 0 saturated carbocycles. The molecule has 2 rings (SSSR count). The summed E-state index contributed by atoms with van der Waals surface area (Å²) in [5, 5.41) is 4.36. The fraction of sp³-hybridized carbons (Fsp3) is 0.462. The topological polar surface area (TPSA) is 76.7 Å². The first-order valence-electron chi connectivity index (χ1n) is 6.44. The highest BCUT2D eigenvalue weighted by molar-refractivity contribution is 7.11. The monoisotopic (exact) mass is 277 g/mol. The first kappa shape index (κ1) is 13.7. The maximum atomic E-state index is 5.89. The average molecular weight is 277 g/mol. The van der Waals surface area contributed by atoms with Gasteiger partial charge in [0.25, 0.3) is 0 Å². The molecule has 5 nitrogen and oxygen atoms in total. The van der Waals surface area contributed by atoms with E-state index in [1.54, 1.807) is 11.3 Å². The van der Waals surface area contributed by atoms with E-state index in [9.17, 15) is 0 Å². The van der Waals surface area contributed by atoms with Gasteiger partial charge in [0.15, 0.2) is 0 Å². The minimum Gasteiger partial charge on any atom is -0.383 e. The van der Waals surface area contributed by atoms with Gasteiger partial charge in [-0.2, -0.15) is 0 Å². The summed E-state index contributed by atoms with van der Waals surface area (Å²) < 4.78 is 0. The number of nitrogen functional groups attached to an aromatic ring is 1. The molecular weight excluding hydrogens is 258 g/mol. The Morgan fingerprint density at radius 1 is 1.26 bits per heavy atom. The van der Waals surface area contributed by atoms with Crippen molar-refractivity contribution in [1.29, 1.82) is 0 Å². The summed E-state index contributed by atoms with van der Waals surface area (Å²) in [4.78, 5) is 14.4. The van der Waals surface area contributed by atoms with Crippen LogP contribution in [0.3, 0.4) is 0 Å². The summed E-state index contributed by atoms with van der Waals surface area (Å²) in [6.45, 7) is 6.75. The van der Waals surface area contributed by atoms with Gasteiger partial charge >= 0.3 is 0 Å². The Balaban J connectivity index is 2.12. The molecule has 0 aromatic carbocycles. The Bertz CT molecular complexity index is 564. The molecule has 0 aliphatic carbocycles. The zero-order valence-electron chi connectivity index (χ0n) is 11.5. The van der Waals surface area contributed by atoms with Crippen LogP contribution in [0.4, 0.5) is 11.6 Å². The van der Waals surface area contributed by atoms with Crippen LogP contribution in [0.2, 0.25) is 0 Å². The van der Waals surface area contributed by atoms with Gasteiger partial charge in [-0.15, -0.1) is 11.3 Å². The normalized spacial score (nSPS) is 10.7. The minimum atomic E-state index is 0.544. The molecule has 102 valence electrons. The molecule has 0 amide bonds. The molecule has 19 heavy (non-hydrogen) atoms. The molecule has 2 heterocycles. The molecule has 2 aromatic rings. The molecule has 0 bridgehead atoms. The van der Waals surface area contributed by atoms with Gasteiger partial charge in [-0.3, -0.25) is 0 Å². The third-order valence-corrected chi connectivity index (χ3v) is 4.04. The highest BCUT2D eigenvalue weighted by atomic mass is 32.1. The van der Waals surface area contributed by atoms with E-state index >= 15 is 0 Å². The van der Waals surface area contributed by atoms with Gasteiger partial charge in [0.1, 0.15) is 22.5 Å². The summed E-state index contributed by atoms with van der Waals surface area (Å²) in [5.41, 5.74) is 6.78. The summed E-state index contributed by atoms with van der Waals surface area (Å²) >= 11 is 1.72. The van der Waals surface area contributed by atoms with Gasteiger partial charge in [-0.25, -0.2) is 15.0 Å². The largest absolute Gasteiger partial charge is 0.383 e. The molecule has 0 aliphatic rings. The van der Waals surface area contributed by atoms with Crippen molar-refractivity contribution in [3.63, 3.8) is 0 Å². The summed E-state index contributed by atoms with van der Waals surface area (Å²) in [6, 6.07) is 0. The average Bonchev–Trinajstić information content (AvgIpc) is 2.88. The molecule has 0 fully saturated rings. The van der Waals surface area contributed by atoms with E-state index in [1.165, 1.54) is 4.88 Å². The number of nitrogens with two attached hydrogens (primary N) is 1. The fourth-order valence-corrected chi connectivity index (χ4v) is 2.47. The maximum absolute atomic E-state index is 5.89. The Morgan fingerprint density at radius 2 is 2.05 bits per heavy atom. The molecular formula is C13H19N5S. The van der Waals surface area contributed by atoms with E-state index in [0.717, 1.165) is 35.1 Å². The van der Waals surface area contributed by atoms with E-state index in [4.69, 9.17) is 5.73 Å². The Labute approximate surface area is 117 Å². The van der Waals surface area contributed by atoms with Crippen LogP contribution in [0.15, 0.2) is 6.20 Å². The Hall–Kier alpha value is -1.69. The first-order valence-corrected chi connectivity index (χ1v) is 7.26. The predicted octanol–water partition coefficient (Wildman–Crippen LogP) is 2.56. The lowest BCUT2D eigenvalue weighted by molar-refractivity contribution is 0.927. The lowest BCUT2D eigenvalue weighted by atomic mass is 10.3. The summed E-state index contributed by atoms with van der Waals surface area (Å²) in [5.74, 6) is 2.11. The van der Waals surface area contributed by atoms with E-state index in [1.807, 2.05) is 20.0 Å². The Morgan fingerprint density at radius 3 is 2.68 bits per heavy atom. The number of nitrogens with one attached hydrogen (secondary N) is 1. The van der Waals surface area contributed by atoms with Gasteiger partial charge in [0.2, 0.25) is 0 Å². The molecule has 0 unspecified atom stereocenters. The number of aromatic nitrogens is 3. The van der Waals surface area contributed by atoms with Crippen molar-refractivity contribution in [1.82, 2.24) is 15.0 Å². The van der Waals surface area contributed by atoms with Crippen LogP contribution in [0.25, 0.3) is 0 Å². The van der Waals surface area contributed by atoms with Gasteiger partial charge in [-0.05, 0) is 13.3 Å². The number of hydrogen-bond donors (Lipinski definition) is 2. The third-order valence-electron chi connectivity index (χ3n) is 2.90. The van der Waals surface area contributed by atoms with Crippen LogP contribution in [-0.2, 0) is 19.4 Å². The van der Waals surface area contributed by atoms with Gasteiger partial charge < -0.3 is 11.1 Å². The zero-order chi connectivity index (χ0) is 13.8. The zero-order valence-corrected chi connectivity index (χ0v) is 12.3. The van der Waals surface area contributed by atoms with E-state index in [0.29, 0.717) is 12.4 Å². The predicted molar refractivity (Wildman–Crippen MR) is 79.4 cm³/mol. The molecule has 2 aromatic heterocycles. The number of thiazole rings is 1. The van der Waals surface area contributed by atoms with Crippen molar-refractivity contribution >= 4 is 23.0 Å². The van der Waals surface area contributed by atoms with Crippen molar-refractivity contribution in [2.75, 3.05) is 11.1 Å². The summed E-state index contributed by atoms with van der Waals surface area (Å²) in [7, 11) is 0. The second-order valence-electron chi connectivity index (χ2n) is 4.28. The highest BCUT2D eigenvalue weighted by Gasteiger charge is 2.08. The van der Waals surface area contributed by atoms with Gasteiger partial charge in [0.05, 0.1) is 6.54 Å². The molecule has 3 N–H and O–H groups in total. The number of aryl methyl sites for hydroxylation is 2. The molecule has 0 spiro atoms. The molecule has 0 radical (unpaired) electrons. The van der Waals surface area contributed by atoms with Crippen LogP contribution >= 0.6 is 11.3 Å².